The molecule has 100 valence electrons. The Labute approximate surface area is 109 Å². The maximum atomic E-state index is 12.3. The molecule has 0 unspecified atom stereocenters. The van der Waals surface area contributed by atoms with Crippen molar-refractivity contribution in [2.75, 3.05) is 18.8 Å². The number of nitrogens with zero attached hydrogens (tertiary/aromatic N) is 1. The van der Waals surface area contributed by atoms with Crippen LogP contribution < -0.4 is 5.73 Å². The number of hydrogen-bond donors (Lipinski definition) is 1. The summed E-state index contributed by atoms with van der Waals surface area (Å²) < 4.78 is 26.2. The van der Waals surface area contributed by atoms with Gasteiger partial charge in [-0.15, -0.1) is 0 Å². The van der Waals surface area contributed by atoms with Crippen LogP contribution >= 0.6 is 0 Å². The summed E-state index contributed by atoms with van der Waals surface area (Å²) in [6.07, 6.45) is 4.20. The molecule has 0 atom stereocenters. The van der Waals surface area contributed by atoms with Crippen LogP contribution in [0.4, 0.5) is 5.69 Å². The monoisotopic (exact) mass is 268 g/mol. The molecule has 0 radical (unpaired) electrons. The highest BCUT2D eigenvalue weighted by atomic mass is 32.2. The molecule has 18 heavy (non-hydrogen) atoms. The van der Waals surface area contributed by atoms with Crippen molar-refractivity contribution in [3.8, 4) is 0 Å². The molecule has 0 aromatic heterocycles. The van der Waals surface area contributed by atoms with Crippen LogP contribution in [0.1, 0.15) is 31.2 Å². The van der Waals surface area contributed by atoms with E-state index in [2.05, 4.69) is 0 Å². The quantitative estimate of drug-likeness (QED) is 0.853. The van der Waals surface area contributed by atoms with Gasteiger partial charge in [0.2, 0.25) is 10.0 Å². The third-order valence-electron chi connectivity index (χ3n) is 3.26. The highest BCUT2D eigenvalue weighted by molar-refractivity contribution is 7.88. The fourth-order valence-electron chi connectivity index (χ4n) is 2.30. The standard InChI is InChI=1S/C13H20N2O2S/c14-13-7-5-6-12(10-13)11-18(16,17)15-8-3-1-2-4-9-15/h5-7,10H,1-4,8-9,11,14H2. The van der Waals surface area contributed by atoms with Crippen molar-refractivity contribution < 1.29 is 8.42 Å². The molecule has 2 rings (SSSR count). The minimum absolute atomic E-state index is 0.0536. The van der Waals surface area contributed by atoms with E-state index in [0.29, 0.717) is 18.8 Å². The highest BCUT2D eigenvalue weighted by Gasteiger charge is 2.23. The summed E-state index contributed by atoms with van der Waals surface area (Å²) in [5.41, 5.74) is 7.05. The smallest absolute Gasteiger partial charge is 0.218 e. The molecule has 0 saturated carbocycles. The van der Waals surface area contributed by atoms with Crippen molar-refractivity contribution in [2.24, 2.45) is 0 Å². The third-order valence-corrected chi connectivity index (χ3v) is 5.11. The van der Waals surface area contributed by atoms with Crippen molar-refractivity contribution in [1.29, 1.82) is 0 Å². The minimum Gasteiger partial charge on any atom is -0.399 e. The van der Waals surface area contributed by atoms with Gasteiger partial charge in [-0.25, -0.2) is 12.7 Å². The molecule has 0 aliphatic carbocycles. The number of sulfonamides is 1. The van der Waals surface area contributed by atoms with E-state index in [1.54, 1.807) is 22.5 Å². The maximum absolute atomic E-state index is 12.3. The fourth-order valence-corrected chi connectivity index (χ4v) is 3.90. The molecular formula is C13H20N2O2S. The van der Waals surface area contributed by atoms with E-state index in [0.717, 1.165) is 31.2 Å². The van der Waals surface area contributed by atoms with Gasteiger partial charge < -0.3 is 5.73 Å². The van der Waals surface area contributed by atoms with Crippen LogP contribution in [0.3, 0.4) is 0 Å². The first-order valence-electron chi connectivity index (χ1n) is 6.40. The topological polar surface area (TPSA) is 63.4 Å². The van der Waals surface area contributed by atoms with Crippen LogP contribution in [-0.2, 0) is 15.8 Å². The van der Waals surface area contributed by atoms with Crippen LogP contribution in [0.2, 0.25) is 0 Å². The van der Waals surface area contributed by atoms with Gasteiger partial charge in [0, 0.05) is 18.8 Å². The zero-order valence-electron chi connectivity index (χ0n) is 10.5. The van der Waals surface area contributed by atoms with E-state index in [1.807, 2.05) is 6.07 Å². The zero-order valence-corrected chi connectivity index (χ0v) is 11.3. The van der Waals surface area contributed by atoms with E-state index in [1.165, 1.54) is 0 Å². The Morgan fingerprint density at radius 2 is 1.78 bits per heavy atom. The molecule has 1 aliphatic heterocycles. The Hall–Kier alpha value is -1.07. The first-order valence-corrected chi connectivity index (χ1v) is 8.01. The Bertz CT molecular complexity index is 491. The van der Waals surface area contributed by atoms with Gasteiger partial charge in [-0.05, 0) is 30.5 Å². The molecule has 1 aliphatic rings. The van der Waals surface area contributed by atoms with Gasteiger partial charge in [0.1, 0.15) is 0 Å². The average Bonchev–Trinajstić information content (AvgIpc) is 2.57. The molecule has 1 heterocycles. The molecule has 4 nitrogen and oxygen atoms in total. The number of nitrogen functional groups attached to an aromatic ring is 1. The SMILES string of the molecule is Nc1cccc(CS(=O)(=O)N2CCCCCC2)c1. The lowest BCUT2D eigenvalue weighted by Gasteiger charge is -2.19. The summed E-state index contributed by atoms with van der Waals surface area (Å²) in [5, 5.41) is 0. The van der Waals surface area contributed by atoms with Crippen LogP contribution in [0.15, 0.2) is 24.3 Å². The average molecular weight is 268 g/mol. The van der Waals surface area contributed by atoms with Crippen molar-refractivity contribution in [1.82, 2.24) is 4.31 Å². The van der Waals surface area contributed by atoms with Crippen molar-refractivity contribution >= 4 is 15.7 Å². The predicted molar refractivity (Wildman–Crippen MR) is 73.5 cm³/mol. The van der Waals surface area contributed by atoms with E-state index in [-0.39, 0.29) is 5.75 Å². The van der Waals surface area contributed by atoms with Crippen molar-refractivity contribution in [2.45, 2.75) is 31.4 Å². The molecule has 1 aromatic carbocycles. The van der Waals surface area contributed by atoms with Crippen molar-refractivity contribution in [3.05, 3.63) is 29.8 Å². The first kappa shape index (κ1) is 13.4. The second kappa shape index (κ2) is 5.71. The van der Waals surface area contributed by atoms with Gasteiger partial charge in [0.25, 0.3) is 0 Å². The summed E-state index contributed by atoms with van der Waals surface area (Å²) in [5.74, 6) is 0.0536. The van der Waals surface area contributed by atoms with E-state index in [4.69, 9.17) is 5.73 Å². The summed E-state index contributed by atoms with van der Waals surface area (Å²) in [6.45, 7) is 1.31. The summed E-state index contributed by atoms with van der Waals surface area (Å²) >= 11 is 0. The van der Waals surface area contributed by atoms with Crippen LogP contribution in [0.25, 0.3) is 0 Å². The molecule has 0 amide bonds. The number of anilines is 1. The summed E-state index contributed by atoms with van der Waals surface area (Å²) in [6, 6.07) is 7.10. The molecule has 1 saturated heterocycles. The Kier molecular flexibility index (Phi) is 4.24. The molecule has 0 bridgehead atoms. The molecule has 2 N–H and O–H groups in total. The minimum atomic E-state index is -3.20. The van der Waals surface area contributed by atoms with Crippen LogP contribution in [0.5, 0.6) is 0 Å². The largest absolute Gasteiger partial charge is 0.399 e. The lowest BCUT2D eigenvalue weighted by atomic mass is 10.2. The van der Waals surface area contributed by atoms with Gasteiger partial charge in [-0.2, -0.15) is 0 Å². The normalized spacial score (nSPS) is 18.4. The van der Waals surface area contributed by atoms with Crippen molar-refractivity contribution in [3.63, 3.8) is 0 Å². The maximum Gasteiger partial charge on any atom is 0.218 e. The third kappa shape index (κ3) is 3.46. The number of rotatable bonds is 3. The summed E-state index contributed by atoms with van der Waals surface area (Å²) in [4.78, 5) is 0. The predicted octanol–water partition coefficient (Wildman–Crippen LogP) is 1.97. The molecule has 1 fully saturated rings. The Balaban J connectivity index is 2.10. The van der Waals surface area contributed by atoms with Gasteiger partial charge >= 0.3 is 0 Å². The van der Waals surface area contributed by atoms with E-state index in [9.17, 15) is 8.42 Å². The second-order valence-corrected chi connectivity index (χ2v) is 6.78. The van der Waals surface area contributed by atoms with Gasteiger partial charge in [-0.3, -0.25) is 0 Å². The van der Waals surface area contributed by atoms with E-state index >= 15 is 0 Å². The Morgan fingerprint density at radius 1 is 1.11 bits per heavy atom. The second-order valence-electron chi connectivity index (χ2n) is 4.81. The van der Waals surface area contributed by atoms with Gasteiger partial charge in [0.05, 0.1) is 5.75 Å². The van der Waals surface area contributed by atoms with Crippen LogP contribution in [0, 0.1) is 0 Å². The lowest BCUT2D eigenvalue weighted by molar-refractivity contribution is 0.423. The van der Waals surface area contributed by atoms with Gasteiger partial charge in [0.15, 0.2) is 0 Å². The Morgan fingerprint density at radius 3 is 2.39 bits per heavy atom. The number of benzene rings is 1. The molecular weight excluding hydrogens is 248 g/mol. The highest BCUT2D eigenvalue weighted by Crippen LogP contribution is 2.18. The lowest BCUT2D eigenvalue weighted by Crippen LogP contribution is -2.32. The number of nitrogens with two attached hydrogens (primary N) is 1. The molecule has 1 aromatic rings. The summed E-state index contributed by atoms with van der Waals surface area (Å²) in [7, 11) is -3.20. The molecule has 5 heteroatoms. The van der Waals surface area contributed by atoms with Crippen LogP contribution in [-0.4, -0.2) is 25.8 Å². The first-order chi connectivity index (χ1) is 8.58. The molecule has 0 spiro atoms. The van der Waals surface area contributed by atoms with Gasteiger partial charge in [-0.1, -0.05) is 25.0 Å². The van der Waals surface area contributed by atoms with E-state index < -0.39 is 10.0 Å². The fraction of sp³-hybridized carbons (Fsp3) is 0.538. The zero-order chi connectivity index (χ0) is 13.0. The number of hydrogen-bond acceptors (Lipinski definition) is 3.